The van der Waals surface area contributed by atoms with Crippen molar-refractivity contribution in [3.8, 4) is 0 Å². The van der Waals surface area contributed by atoms with Gasteiger partial charge in [0.05, 0.1) is 21.6 Å². The number of carbonyl (C=O) groups excluding carboxylic acids is 2. The van der Waals surface area contributed by atoms with Crippen molar-refractivity contribution in [1.82, 2.24) is 0 Å². The van der Waals surface area contributed by atoms with Gasteiger partial charge in [-0.25, -0.2) is 8.42 Å². The average Bonchev–Trinajstić information content (AvgIpc) is 2.71. The molecule has 0 saturated heterocycles. The SMILES string of the molecule is CCc1ccccc1NC(=O)CCS(=O)(=O)c1ccc2c(c1)NC(=O)[C@@H](CC)S2. The summed E-state index contributed by atoms with van der Waals surface area (Å²) < 4.78 is 25.4. The Labute approximate surface area is 175 Å². The first-order valence-corrected chi connectivity index (χ1v) is 12.1. The van der Waals surface area contributed by atoms with Crippen LogP contribution in [0.25, 0.3) is 0 Å². The minimum Gasteiger partial charge on any atom is -0.326 e. The van der Waals surface area contributed by atoms with Gasteiger partial charge in [0.1, 0.15) is 0 Å². The lowest BCUT2D eigenvalue weighted by molar-refractivity contribution is -0.116. The minimum absolute atomic E-state index is 0.105. The fraction of sp³-hybridized carbons (Fsp3) is 0.333. The molecule has 2 N–H and O–H groups in total. The van der Waals surface area contributed by atoms with Crippen molar-refractivity contribution in [2.24, 2.45) is 0 Å². The first-order chi connectivity index (χ1) is 13.8. The lowest BCUT2D eigenvalue weighted by Crippen LogP contribution is -2.28. The number of amides is 2. The molecule has 1 aliphatic heterocycles. The van der Waals surface area contributed by atoms with Crippen molar-refractivity contribution in [3.63, 3.8) is 0 Å². The number of carbonyl (C=O) groups is 2. The molecule has 1 aliphatic rings. The topological polar surface area (TPSA) is 92.3 Å². The minimum atomic E-state index is -3.65. The molecule has 29 heavy (non-hydrogen) atoms. The van der Waals surface area contributed by atoms with Gasteiger partial charge in [-0.2, -0.15) is 0 Å². The standard InChI is InChI=1S/C21H24N2O4S2/c1-3-14-7-5-6-8-16(14)22-20(24)11-12-29(26,27)15-9-10-19-17(13-15)23-21(25)18(4-2)28-19/h5-10,13,18H,3-4,11-12H2,1-2H3,(H,22,24)(H,23,25)/t18-/m1/s1. The molecule has 2 aromatic rings. The van der Waals surface area contributed by atoms with Crippen LogP contribution in [-0.2, 0) is 25.8 Å². The van der Waals surface area contributed by atoms with E-state index in [0.717, 1.165) is 16.9 Å². The predicted octanol–water partition coefficient (Wildman–Crippen LogP) is 3.87. The molecule has 6 nitrogen and oxygen atoms in total. The van der Waals surface area contributed by atoms with Gasteiger partial charge in [-0.15, -0.1) is 11.8 Å². The van der Waals surface area contributed by atoms with Crippen LogP contribution in [0.15, 0.2) is 52.3 Å². The quantitative estimate of drug-likeness (QED) is 0.693. The van der Waals surface area contributed by atoms with Crippen molar-refractivity contribution < 1.29 is 18.0 Å². The second-order valence-corrected chi connectivity index (χ2v) is 10.1. The molecule has 0 aliphatic carbocycles. The molecule has 2 amide bonds. The number of anilines is 2. The predicted molar refractivity (Wildman–Crippen MR) is 116 cm³/mol. The van der Waals surface area contributed by atoms with E-state index in [-0.39, 0.29) is 34.1 Å². The fourth-order valence-electron chi connectivity index (χ4n) is 3.10. The maximum Gasteiger partial charge on any atom is 0.237 e. The summed E-state index contributed by atoms with van der Waals surface area (Å²) in [6, 6.07) is 12.2. The van der Waals surface area contributed by atoms with Crippen molar-refractivity contribution in [2.45, 2.75) is 48.2 Å². The molecule has 0 fully saturated rings. The van der Waals surface area contributed by atoms with Crippen LogP contribution < -0.4 is 10.6 Å². The highest BCUT2D eigenvalue weighted by atomic mass is 32.2. The van der Waals surface area contributed by atoms with Crippen molar-refractivity contribution >= 4 is 44.8 Å². The largest absolute Gasteiger partial charge is 0.326 e. The van der Waals surface area contributed by atoms with E-state index in [4.69, 9.17) is 0 Å². The summed E-state index contributed by atoms with van der Waals surface area (Å²) in [5.41, 5.74) is 2.21. The van der Waals surface area contributed by atoms with E-state index in [1.165, 1.54) is 23.9 Å². The molecular weight excluding hydrogens is 408 g/mol. The monoisotopic (exact) mass is 432 g/mol. The molecule has 0 bridgehead atoms. The maximum absolute atomic E-state index is 12.7. The van der Waals surface area contributed by atoms with Crippen molar-refractivity contribution in [3.05, 3.63) is 48.0 Å². The summed E-state index contributed by atoms with van der Waals surface area (Å²) in [5.74, 6) is -0.763. The van der Waals surface area contributed by atoms with E-state index in [9.17, 15) is 18.0 Å². The van der Waals surface area contributed by atoms with Gasteiger partial charge >= 0.3 is 0 Å². The van der Waals surface area contributed by atoms with E-state index in [1.54, 1.807) is 12.1 Å². The molecule has 1 atom stereocenters. The average molecular weight is 433 g/mol. The zero-order valence-corrected chi connectivity index (χ0v) is 18.0. The Hall–Kier alpha value is -2.32. The highest BCUT2D eigenvalue weighted by Gasteiger charge is 2.27. The van der Waals surface area contributed by atoms with Crippen LogP contribution in [0.4, 0.5) is 11.4 Å². The Morgan fingerprint density at radius 3 is 2.66 bits per heavy atom. The van der Waals surface area contributed by atoms with E-state index >= 15 is 0 Å². The Morgan fingerprint density at radius 1 is 1.17 bits per heavy atom. The van der Waals surface area contributed by atoms with Gasteiger partial charge in [0, 0.05) is 17.0 Å². The van der Waals surface area contributed by atoms with Crippen LogP contribution in [0, 0.1) is 0 Å². The van der Waals surface area contributed by atoms with Crippen molar-refractivity contribution in [1.29, 1.82) is 0 Å². The van der Waals surface area contributed by atoms with Gasteiger partial charge in [0.2, 0.25) is 11.8 Å². The number of aryl methyl sites for hydroxylation is 1. The second kappa shape index (κ2) is 9.00. The molecule has 0 saturated carbocycles. The molecule has 0 unspecified atom stereocenters. The summed E-state index contributed by atoms with van der Waals surface area (Å²) in [4.78, 5) is 25.3. The Kier molecular flexibility index (Phi) is 6.64. The van der Waals surface area contributed by atoms with Gasteiger partial charge in [-0.1, -0.05) is 32.0 Å². The van der Waals surface area contributed by atoms with E-state index in [2.05, 4.69) is 10.6 Å². The van der Waals surface area contributed by atoms with Crippen molar-refractivity contribution in [2.75, 3.05) is 16.4 Å². The molecule has 8 heteroatoms. The number of rotatable bonds is 7. The van der Waals surface area contributed by atoms with Gasteiger partial charge in [-0.05, 0) is 42.7 Å². The number of hydrogen-bond acceptors (Lipinski definition) is 5. The highest BCUT2D eigenvalue weighted by Crippen LogP contribution is 2.38. The lowest BCUT2D eigenvalue weighted by atomic mass is 10.1. The number of fused-ring (bicyclic) bond motifs is 1. The number of thioether (sulfide) groups is 1. The lowest BCUT2D eigenvalue weighted by Gasteiger charge is -2.23. The summed E-state index contributed by atoms with van der Waals surface area (Å²) in [5, 5.41) is 5.40. The normalized spacial score (nSPS) is 16.1. The first-order valence-electron chi connectivity index (χ1n) is 9.56. The Bertz CT molecular complexity index is 1030. The molecule has 0 spiro atoms. The molecule has 3 rings (SSSR count). The number of nitrogens with one attached hydrogen (secondary N) is 2. The van der Waals surface area contributed by atoms with E-state index in [0.29, 0.717) is 17.8 Å². The Morgan fingerprint density at radius 2 is 1.93 bits per heavy atom. The third-order valence-corrected chi connectivity index (χ3v) is 7.93. The van der Waals surface area contributed by atoms with Gasteiger partial charge in [0.15, 0.2) is 9.84 Å². The fourth-order valence-corrected chi connectivity index (χ4v) is 5.39. The molecule has 2 aromatic carbocycles. The summed E-state index contributed by atoms with van der Waals surface area (Å²) in [6.45, 7) is 3.93. The number of benzene rings is 2. The summed E-state index contributed by atoms with van der Waals surface area (Å²) >= 11 is 1.44. The van der Waals surface area contributed by atoms with Gasteiger partial charge in [0.25, 0.3) is 0 Å². The van der Waals surface area contributed by atoms with Gasteiger partial charge in [-0.3, -0.25) is 9.59 Å². The highest BCUT2D eigenvalue weighted by molar-refractivity contribution is 8.01. The third-order valence-electron chi connectivity index (χ3n) is 4.77. The Balaban J connectivity index is 1.68. The molecule has 0 radical (unpaired) electrons. The summed E-state index contributed by atoms with van der Waals surface area (Å²) in [6.07, 6.45) is 1.33. The molecule has 1 heterocycles. The zero-order valence-electron chi connectivity index (χ0n) is 16.4. The van der Waals surface area contributed by atoms with Crippen LogP contribution in [0.3, 0.4) is 0 Å². The van der Waals surface area contributed by atoms with Crippen LogP contribution in [-0.4, -0.2) is 31.2 Å². The molecular formula is C21H24N2O4S2. The van der Waals surface area contributed by atoms with E-state index < -0.39 is 9.84 Å². The smallest absolute Gasteiger partial charge is 0.237 e. The zero-order chi connectivity index (χ0) is 21.0. The number of sulfone groups is 1. The van der Waals surface area contributed by atoms with Gasteiger partial charge < -0.3 is 10.6 Å². The van der Waals surface area contributed by atoms with Crippen LogP contribution >= 0.6 is 11.8 Å². The summed E-state index contributed by atoms with van der Waals surface area (Å²) in [7, 11) is -3.65. The first kappa shape index (κ1) is 21.4. The number of hydrogen-bond donors (Lipinski definition) is 2. The van der Waals surface area contributed by atoms with Crippen LogP contribution in [0.1, 0.15) is 32.3 Å². The maximum atomic E-state index is 12.7. The second-order valence-electron chi connectivity index (χ2n) is 6.79. The molecule has 154 valence electrons. The molecule has 0 aromatic heterocycles. The van der Waals surface area contributed by atoms with E-state index in [1.807, 2.05) is 32.0 Å². The third kappa shape index (κ3) is 5.00. The van der Waals surface area contributed by atoms with Crippen LogP contribution in [0.2, 0.25) is 0 Å². The van der Waals surface area contributed by atoms with Crippen LogP contribution in [0.5, 0.6) is 0 Å². The number of para-hydroxylation sites is 1.